The Morgan fingerprint density at radius 2 is 1.88 bits per heavy atom. The highest BCUT2D eigenvalue weighted by Crippen LogP contribution is 2.23. The molecule has 2 aromatic rings. The lowest BCUT2D eigenvalue weighted by Crippen LogP contribution is -2.53. The van der Waals surface area contributed by atoms with Crippen molar-refractivity contribution in [1.29, 1.82) is 0 Å². The number of amides is 1. The molecule has 1 amide bonds. The van der Waals surface area contributed by atoms with Crippen LogP contribution in [0.25, 0.3) is 5.52 Å². The van der Waals surface area contributed by atoms with E-state index in [1.54, 1.807) is 29.1 Å². The predicted molar refractivity (Wildman–Crippen MR) is 94.5 cm³/mol. The van der Waals surface area contributed by atoms with Crippen molar-refractivity contribution < 1.29 is 4.79 Å². The van der Waals surface area contributed by atoms with Crippen LogP contribution < -0.4 is 5.56 Å². The molecule has 7 nitrogen and oxygen atoms in total. The Morgan fingerprint density at radius 3 is 2.64 bits per heavy atom. The number of nitrogens with zero attached hydrogens (tertiary/aromatic N) is 5. The Morgan fingerprint density at radius 1 is 1.12 bits per heavy atom. The molecule has 1 saturated heterocycles. The number of hydrogen-bond acceptors (Lipinski definition) is 4. The normalized spacial score (nSPS) is 20.2. The van der Waals surface area contributed by atoms with Crippen molar-refractivity contribution >= 4 is 11.4 Å². The van der Waals surface area contributed by atoms with Crippen LogP contribution in [0.5, 0.6) is 0 Å². The van der Waals surface area contributed by atoms with Crippen molar-refractivity contribution in [3.05, 3.63) is 35.0 Å². The van der Waals surface area contributed by atoms with Crippen LogP contribution in [0.3, 0.4) is 0 Å². The monoisotopic (exact) mass is 343 g/mol. The zero-order valence-corrected chi connectivity index (χ0v) is 14.5. The van der Waals surface area contributed by atoms with E-state index in [9.17, 15) is 9.59 Å². The van der Waals surface area contributed by atoms with Gasteiger partial charge < -0.3 is 9.30 Å². The molecule has 2 fully saturated rings. The van der Waals surface area contributed by atoms with Gasteiger partial charge in [0.2, 0.25) is 5.91 Å². The molecule has 0 radical (unpaired) electrons. The topological polar surface area (TPSA) is 62.9 Å². The summed E-state index contributed by atoms with van der Waals surface area (Å²) in [4.78, 5) is 29.4. The smallest absolute Gasteiger partial charge is 0.291 e. The summed E-state index contributed by atoms with van der Waals surface area (Å²) in [6.07, 6.45) is 9.98. The maximum absolute atomic E-state index is 12.6. The molecule has 25 heavy (non-hydrogen) atoms. The average molecular weight is 343 g/mol. The highest BCUT2D eigenvalue weighted by molar-refractivity contribution is 5.76. The van der Waals surface area contributed by atoms with Gasteiger partial charge in [-0.05, 0) is 25.0 Å². The van der Waals surface area contributed by atoms with E-state index in [0.29, 0.717) is 11.6 Å². The second kappa shape index (κ2) is 7.00. The Kier molecular flexibility index (Phi) is 4.57. The third-order valence-electron chi connectivity index (χ3n) is 5.59. The van der Waals surface area contributed by atoms with Crippen molar-refractivity contribution in [1.82, 2.24) is 24.0 Å². The van der Waals surface area contributed by atoms with E-state index in [1.807, 2.05) is 4.90 Å². The molecule has 1 aliphatic heterocycles. The average Bonchev–Trinajstić information content (AvgIpc) is 3.14. The first-order valence-electron chi connectivity index (χ1n) is 9.27. The van der Waals surface area contributed by atoms with E-state index >= 15 is 0 Å². The van der Waals surface area contributed by atoms with Gasteiger partial charge in [-0.3, -0.25) is 14.5 Å². The van der Waals surface area contributed by atoms with Gasteiger partial charge in [-0.1, -0.05) is 19.3 Å². The van der Waals surface area contributed by atoms with Gasteiger partial charge in [0, 0.05) is 38.4 Å². The number of piperazine rings is 1. The lowest BCUT2D eigenvalue weighted by molar-refractivity contribution is -0.134. The van der Waals surface area contributed by atoms with E-state index in [0.717, 1.165) is 26.2 Å². The minimum Gasteiger partial charge on any atom is -0.339 e. The maximum Gasteiger partial charge on any atom is 0.291 e. The zero-order chi connectivity index (χ0) is 17.2. The Hall–Kier alpha value is -2.15. The second-order valence-electron chi connectivity index (χ2n) is 7.10. The van der Waals surface area contributed by atoms with Gasteiger partial charge in [0.1, 0.15) is 18.4 Å². The van der Waals surface area contributed by atoms with E-state index in [1.165, 1.54) is 36.8 Å². The molecule has 4 rings (SSSR count). The van der Waals surface area contributed by atoms with E-state index < -0.39 is 0 Å². The molecule has 0 N–H and O–H groups in total. The molecule has 1 saturated carbocycles. The van der Waals surface area contributed by atoms with Crippen molar-refractivity contribution in [2.75, 3.05) is 26.2 Å². The molecule has 0 aromatic carbocycles. The van der Waals surface area contributed by atoms with Gasteiger partial charge in [0.05, 0.1) is 0 Å². The first kappa shape index (κ1) is 16.3. The van der Waals surface area contributed by atoms with Crippen LogP contribution in [0.15, 0.2) is 29.5 Å². The molecule has 0 unspecified atom stereocenters. The summed E-state index contributed by atoms with van der Waals surface area (Å²) < 4.78 is 2.94. The van der Waals surface area contributed by atoms with E-state index in [4.69, 9.17) is 0 Å². The molecule has 0 atom stereocenters. The van der Waals surface area contributed by atoms with Crippen molar-refractivity contribution in [3.8, 4) is 0 Å². The molecule has 1 aliphatic carbocycles. The minimum atomic E-state index is -0.221. The molecule has 2 aliphatic rings. The molecular weight excluding hydrogens is 318 g/mol. The summed E-state index contributed by atoms with van der Waals surface area (Å²) in [5.41, 5.74) is 0.326. The molecule has 2 aromatic heterocycles. The molecule has 134 valence electrons. The van der Waals surface area contributed by atoms with Crippen molar-refractivity contribution in [3.63, 3.8) is 0 Å². The third kappa shape index (κ3) is 3.33. The van der Waals surface area contributed by atoms with Gasteiger partial charge in [0.15, 0.2) is 0 Å². The number of rotatable bonds is 3. The maximum atomic E-state index is 12.6. The van der Waals surface area contributed by atoms with Gasteiger partial charge in [-0.15, -0.1) is 0 Å². The number of aromatic nitrogens is 3. The minimum absolute atomic E-state index is 0.0178. The van der Waals surface area contributed by atoms with Gasteiger partial charge in [-0.2, -0.15) is 5.10 Å². The van der Waals surface area contributed by atoms with Crippen LogP contribution in [-0.4, -0.2) is 62.1 Å². The number of fused-ring (bicyclic) bond motifs is 1. The summed E-state index contributed by atoms with van der Waals surface area (Å²) in [7, 11) is 0. The SMILES string of the molecule is O=C(Cn1ncn2cccc2c1=O)N1CCN(C2CCCCC2)CC1. The standard InChI is InChI=1S/C18H25N5O2/c24-17(13-23-18(25)16-7-4-8-22(16)14-19-23)21-11-9-20(10-12-21)15-5-2-1-3-6-15/h4,7-8,14-15H,1-3,5-6,9-13H2. The predicted octanol–water partition coefficient (Wildman–Crippen LogP) is 0.973. The van der Waals surface area contributed by atoms with E-state index in [-0.39, 0.29) is 18.0 Å². The molecule has 0 spiro atoms. The summed E-state index contributed by atoms with van der Waals surface area (Å²) in [5.74, 6) is -0.0196. The summed E-state index contributed by atoms with van der Waals surface area (Å²) in [5, 5.41) is 4.11. The van der Waals surface area contributed by atoms with Crippen LogP contribution in [0.2, 0.25) is 0 Å². The first-order chi connectivity index (χ1) is 12.2. The highest BCUT2D eigenvalue weighted by atomic mass is 16.2. The van der Waals surface area contributed by atoms with Crippen LogP contribution in [0, 0.1) is 0 Å². The number of hydrogen-bond donors (Lipinski definition) is 0. The fraction of sp³-hybridized carbons (Fsp3) is 0.611. The van der Waals surface area contributed by atoms with Gasteiger partial charge in [0.25, 0.3) is 5.56 Å². The quantitative estimate of drug-likeness (QED) is 0.833. The van der Waals surface area contributed by atoms with Crippen molar-refractivity contribution in [2.45, 2.75) is 44.7 Å². The zero-order valence-electron chi connectivity index (χ0n) is 14.5. The lowest BCUT2D eigenvalue weighted by Gasteiger charge is -2.40. The lowest BCUT2D eigenvalue weighted by atomic mass is 9.94. The molecular formula is C18H25N5O2. The highest BCUT2D eigenvalue weighted by Gasteiger charge is 2.27. The fourth-order valence-electron chi connectivity index (χ4n) is 4.10. The van der Waals surface area contributed by atoms with Gasteiger partial charge in [-0.25, -0.2) is 4.68 Å². The fourth-order valence-corrected chi connectivity index (χ4v) is 4.10. The number of carbonyl (C=O) groups is 1. The van der Waals surface area contributed by atoms with Crippen LogP contribution >= 0.6 is 0 Å². The summed E-state index contributed by atoms with van der Waals surface area (Å²) in [6, 6.07) is 4.25. The van der Waals surface area contributed by atoms with Crippen LogP contribution in [-0.2, 0) is 11.3 Å². The Bertz CT molecular complexity index is 797. The second-order valence-corrected chi connectivity index (χ2v) is 7.10. The van der Waals surface area contributed by atoms with E-state index in [2.05, 4.69) is 10.00 Å². The van der Waals surface area contributed by atoms with Crippen molar-refractivity contribution in [2.24, 2.45) is 0 Å². The summed E-state index contributed by atoms with van der Waals surface area (Å²) >= 11 is 0. The third-order valence-corrected chi connectivity index (χ3v) is 5.59. The van der Waals surface area contributed by atoms with Crippen LogP contribution in [0.1, 0.15) is 32.1 Å². The summed E-state index contributed by atoms with van der Waals surface area (Å²) in [6.45, 7) is 3.39. The first-order valence-corrected chi connectivity index (χ1v) is 9.27. The number of carbonyl (C=O) groups excluding carboxylic acids is 1. The largest absolute Gasteiger partial charge is 0.339 e. The molecule has 3 heterocycles. The molecule has 0 bridgehead atoms. The van der Waals surface area contributed by atoms with Crippen LogP contribution in [0.4, 0.5) is 0 Å². The Labute approximate surface area is 146 Å². The Balaban J connectivity index is 1.37. The molecule has 7 heteroatoms. The van der Waals surface area contributed by atoms with Gasteiger partial charge >= 0.3 is 0 Å².